The number of carbonyl (C=O) groups excluding carboxylic acids is 1. The van der Waals surface area contributed by atoms with Crippen molar-refractivity contribution in [1.82, 2.24) is 9.97 Å². The average molecular weight is 977 g/mol. The third kappa shape index (κ3) is 18.0. The number of aromatic nitrogens is 2. The summed E-state index contributed by atoms with van der Waals surface area (Å²) < 4.78 is 73.5. The quantitative estimate of drug-likeness (QED) is 0.0370. The summed E-state index contributed by atoms with van der Waals surface area (Å²) >= 11 is 0. The van der Waals surface area contributed by atoms with Crippen LogP contribution in [0.5, 0.6) is 0 Å². The number of hydrogen-bond acceptors (Lipinski definition) is 14. The molecule has 2 aliphatic heterocycles. The van der Waals surface area contributed by atoms with Gasteiger partial charge in [0.1, 0.15) is 22.9 Å². The van der Waals surface area contributed by atoms with Gasteiger partial charge in [-0.1, -0.05) is 24.3 Å². The van der Waals surface area contributed by atoms with Crippen LogP contribution in [0.2, 0.25) is 0 Å². The smallest absolute Gasteiger partial charge is 1.00 e. The molecule has 0 bridgehead atoms. The summed E-state index contributed by atoms with van der Waals surface area (Å²) in [6, 6.07) is 19.4. The van der Waals surface area contributed by atoms with E-state index in [0.29, 0.717) is 11.2 Å². The second kappa shape index (κ2) is 27.5. The Morgan fingerprint density at radius 3 is 1.52 bits per heavy atom. The molecule has 0 atom stereocenters. The molecular weight excluding hydrogens is 927 g/mol. The average Bonchev–Trinajstić information content (AvgIpc) is 3.99. The van der Waals surface area contributed by atoms with E-state index in [1.165, 1.54) is 24.4 Å². The van der Waals surface area contributed by atoms with Crippen molar-refractivity contribution in [2.75, 3.05) is 52.2 Å². The number of aryl methyl sites for hydroxylation is 4. The number of nitrogens with zero attached hydrogens (tertiary/aromatic N) is 4. The number of nitrogens with one attached hydrogen (secondary N) is 2. The molecule has 0 amide bonds. The van der Waals surface area contributed by atoms with Gasteiger partial charge in [-0.15, -0.1) is 0 Å². The maximum Gasteiger partial charge on any atom is 1.00 e. The first-order valence-corrected chi connectivity index (χ1v) is 20.0. The molecule has 23 heteroatoms. The van der Waals surface area contributed by atoms with Crippen LogP contribution in [0.25, 0.3) is 12.2 Å². The van der Waals surface area contributed by atoms with Gasteiger partial charge in [0.25, 0.3) is 6.47 Å². The van der Waals surface area contributed by atoms with E-state index in [9.17, 15) is 21.6 Å². The SMILES string of the molecule is CN(C)c1ccc(B(O)O)cc1.COC1=CC(OS(=O)(=O)C(F)(F)F)=N/C1=C\c1[nH]c(C)cc1C.COC1=CC(c2ccc(N(C)C)cc2)=N/C1=C\c1[nH]c(C)cc1C.O=CO[O-].[H-].[K+].[K+]. The van der Waals surface area contributed by atoms with Crippen LogP contribution in [-0.4, -0.2) is 102 Å². The number of aliphatic imine (C=N–C) groups is 2. The van der Waals surface area contributed by atoms with Gasteiger partial charge in [-0.3, -0.25) is 4.79 Å². The van der Waals surface area contributed by atoms with Crippen LogP contribution >= 0.6 is 0 Å². The molecule has 4 aromatic rings. The molecule has 0 spiro atoms. The Balaban J connectivity index is 0.000000941. The fourth-order valence-corrected chi connectivity index (χ4v) is 6.04. The zero-order valence-electron chi connectivity index (χ0n) is 39.2. The number of rotatable bonds is 10. The number of aromatic amines is 2. The van der Waals surface area contributed by atoms with Crippen molar-refractivity contribution in [3.05, 3.63) is 135 Å². The van der Waals surface area contributed by atoms with Crippen molar-refractivity contribution in [1.29, 1.82) is 0 Å². The molecule has 0 saturated carbocycles. The first-order valence-electron chi connectivity index (χ1n) is 18.6. The molecule has 0 aliphatic carbocycles. The number of ether oxygens (including phenoxy) is 2. The monoisotopic (exact) mass is 976 g/mol. The number of halogens is 3. The number of alkyl halides is 3. The summed E-state index contributed by atoms with van der Waals surface area (Å²) in [7, 11) is 3.75. The van der Waals surface area contributed by atoms with Crippen LogP contribution in [-0.2, 0) is 33.5 Å². The van der Waals surface area contributed by atoms with Gasteiger partial charge in [0.15, 0.2) is 0 Å². The zero-order chi connectivity index (χ0) is 47.2. The number of hydrogen-bond donors (Lipinski definition) is 4. The molecule has 4 N–H and O–H groups in total. The molecule has 2 aromatic heterocycles. The minimum Gasteiger partial charge on any atom is -1.00 e. The van der Waals surface area contributed by atoms with Gasteiger partial charge in [-0.25, -0.2) is 9.98 Å². The summed E-state index contributed by atoms with van der Waals surface area (Å²) in [6.45, 7) is 7.63. The standard InChI is InChI=1S/C20H23N3O.C13H13F3N2O4S.C8H12BNO2.CH2O3.2K.H/c1-13-10-14(2)21-17(13)11-19-20(24-5)12-18(22-19)15-6-8-16(9-7-15)23(3)4;1-7-4-8(2)17-9(7)5-10-11(21-3)6-12(18-10)22-23(19,20)13(14,15)16;1-10(2)8-5-3-7(4-6-8)9(11)12;2-1-4-3;;;/h6-12,21H,1-5H3;4-6,17H,1-3H3;3-6,11-12H,1-2H3;1,3H;;;/q;;;;2*+1;-1/p-1/b19-11-;10-5-;;;;;. The molecule has 340 valence electrons. The number of benzene rings is 2. The van der Waals surface area contributed by atoms with E-state index >= 15 is 0 Å². The first kappa shape index (κ1) is 59.7. The van der Waals surface area contributed by atoms with Gasteiger partial charge < -0.3 is 55.0 Å². The first-order chi connectivity index (χ1) is 29.5. The summed E-state index contributed by atoms with van der Waals surface area (Å²) in [4.78, 5) is 30.2. The second-order valence-electron chi connectivity index (χ2n) is 14.0. The number of allylic oxidation sites excluding steroid dienone is 1. The fraction of sp³-hybridized carbons (Fsp3) is 0.262. The summed E-state index contributed by atoms with van der Waals surface area (Å²) in [5.74, 6) is 0.156. The van der Waals surface area contributed by atoms with Crippen molar-refractivity contribution in [3.8, 4) is 0 Å². The van der Waals surface area contributed by atoms with Gasteiger partial charge in [-0.2, -0.15) is 21.6 Å². The van der Waals surface area contributed by atoms with E-state index in [1.807, 2.05) is 77.3 Å². The van der Waals surface area contributed by atoms with Crippen molar-refractivity contribution in [3.63, 3.8) is 0 Å². The summed E-state index contributed by atoms with van der Waals surface area (Å²) in [5, 5.41) is 26.0. The topological polar surface area (TPSA) is 214 Å². The molecule has 2 aliphatic rings. The van der Waals surface area contributed by atoms with Crippen molar-refractivity contribution in [2.24, 2.45) is 9.98 Å². The molecule has 4 heterocycles. The Bertz CT molecular complexity index is 2480. The Morgan fingerprint density at radius 2 is 1.17 bits per heavy atom. The van der Waals surface area contributed by atoms with Crippen LogP contribution in [0.1, 0.15) is 40.9 Å². The molecule has 0 fully saturated rings. The molecule has 0 saturated heterocycles. The molecule has 16 nitrogen and oxygen atoms in total. The third-order valence-corrected chi connectivity index (χ3v) is 9.74. The van der Waals surface area contributed by atoms with Gasteiger partial charge in [0.2, 0.25) is 5.90 Å². The Kier molecular flexibility index (Phi) is 25.3. The van der Waals surface area contributed by atoms with Crippen molar-refractivity contribution in [2.45, 2.75) is 33.2 Å². The zero-order valence-corrected chi connectivity index (χ0v) is 45.3. The van der Waals surface area contributed by atoms with E-state index < -0.39 is 28.6 Å². The Labute approximate surface area is 463 Å². The van der Waals surface area contributed by atoms with E-state index in [4.69, 9.17) is 34.6 Å². The fourth-order valence-electron chi connectivity index (χ4n) is 5.64. The predicted molar refractivity (Wildman–Crippen MR) is 236 cm³/mol. The van der Waals surface area contributed by atoms with Crippen LogP contribution in [0.3, 0.4) is 0 Å². The largest absolute Gasteiger partial charge is 1.00 e. The van der Waals surface area contributed by atoms with Gasteiger partial charge >= 0.3 is 126 Å². The van der Waals surface area contributed by atoms with Crippen LogP contribution < -0.4 is 123 Å². The summed E-state index contributed by atoms with van der Waals surface area (Å²) in [5.41, 5.74) is 6.04. The predicted octanol–water partition coefficient (Wildman–Crippen LogP) is -1.16. The number of carbonyl (C=O) groups is 1. The Hall–Kier alpha value is -3.27. The van der Waals surface area contributed by atoms with Crippen LogP contribution in [0.15, 0.2) is 106 Å². The molecule has 6 rings (SSSR count). The maximum absolute atomic E-state index is 12.3. The number of anilines is 2. The normalized spacial score (nSPS) is 13.9. The number of methoxy groups -OCH3 is 2. The van der Waals surface area contributed by atoms with E-state index in [1.54, 1.807) is 19.2 Å². The molecular formula is C42H50BF3K2N6O10S. The molecule has 0 radical (unpaired) electrons. The molecule has 65 heavy (non-hydrogen) atoms. The van der Waals surface area contributed by atoms with Gasteiger partial charge in [0.05, 0.1) is 19.9 Å². The van der Waals surface area contributed by atoms with E-state index in [-0.39, 0.29) is 122 Å². The minimum absolute atomic E-state index is 0. The van der Waals surface area contributed by atoms with Crippen molar-refractivity contribution < 1.29 is 164 Å². The van der Waals surface area contributed by atoms with Gasteiger partial charge in [0, 0.05) is 80.1 Å². The Morgan fingerprint density at radius 1 is 0.754 bits per heavy atom. The molecule has 2 aromatic carbocycles. The molecule has 0 unspecified atom stereocenters. The van der Waals surface area contributed by atoms with Crippen LogP contribution in [0.4, 0.5) is 24.5 Å². The van der Waals surface area contributed by atoms with E-state index in [0.717, 1.165) is 57.1 Å². The minimum atomic E-state index is -5.78. The summed E-state index contributed by atoms with van der Waals surface area (Å²) in [6.07, 6.45) is 6.52. The van der Waals surface area contributed by atoms with E-state index in [2.05, 4.69) is 73.1 Å². The number of H-pyrrole nitrogens is 2. The third-order valence-electron chi connectivity index (χ3n) is 8.79. The second-order valence-corrected chi connectivity index (χ2v) is 15.5. The van der Waals surface area contributed by atoms with Gasteiger partial charge in [-0.05, 0) is 92.8 Å². The maximum atomic E-state index is 12.3. The van der Waals surface area contributed by atoms with Crippen LogP contribution in [0, 0.1) is 27.7 Å². The van der Waals surface area contributed by atoms with Crippen molar-refractivity contribution >= 4 is 64.3 Å².